The summed E-state index contributed by atoms with van der Waals surface area (Å²) in [5.41, 5.74) is 1.17. The van der Waals surface area contributed by atoms with Crippen LogP contribution in [0, 0.1) is 6.92 Å². The molecule has 0 spiro atoms. The van der Waals surface area contributed by atoms with Crippen molar-refractivity contribution in [1.29, 1.82) is 0 Å². The second kappa shape index (κ2) is 3.90. The summed E-state index contributed by atoms with van der Waals surface area (Å²) in [6.45, 7) is 8.49. The predicted octanol–water partition coefficient (Wildman–Crippen LogP) is 2.83. The number of hydrogen-bond acceptors (Lipinski definition) is 3. The number of aryl methyl sites for hydroxylation is 2. The highest BCUT2D eigenvalue weighted by Gasteiger charge is 2.05. The molecule has 0 radical (unpaired) electrons. The summed E-state index contributed by atoms with van der Waals surface area (Å²) in [4.78, 5) is 5.82. The summed E-state index contributed by atoms with van der Waals surface area (Å²) in [7, 11) is 0. The normalized spacial score (nSPS) is 10.8. The quantitative estimate of drug-likeness (QED) is 0.781. The van der Waals surface area contributed by atoms with Crippen LogP contribution >= 0.6 is 11.3 Å². The summed E-state index contributed by atoms with van der Waals surface area (Å²) in [6.07, 6.45) is 1.09. The van der Waals surface area contributed by atoms with Gasteiger partial charge in [0.2, 0.25) is 0 Å². The van der Waals surface area contributed by atoms with Crippen LogP contribution in [-0.4, -0.2) is 11.0 Å². The van der Waals surface area contributed by atoms with Crippen LogP contribution in [0.3, 0.4) is 0 Å². The third-order valence-corrected chi connectivity index (χ3v) is 2.86. The van der Waals surface area contributed by atoms with Gasteiger partial charge in [-0.25, -0.2) is 4.98 Å². The third-order valence-electron chi connectivity index (χ3n) is 1.63. The lowest BCUT2D eigenvalue weighted by Crippen LogP contribution is -2.08. The monoisotopic (exact) mass is 184 g/mol. The Balaban J connectivity index is 2.75. The number of thiazole rings is 1. The van der Waals surface area contributed by atoms with Gasteiger partial charge in [0.05, 0.1) is 5.69 Å². The molecule has 0 aliphatic heterocycles. The molecule has 0 atom stereocenters. The van der Waals surface area contributed by atoms with Gasteiger partial charge in [-0.2, -0.15) is 0 Å². The van der Waals surface area contributed by atoms with Gasteiger partial charge >= 0.3 is 0 Å². The summed E-state index contributed by atoms with van der Waals surface area (Å²) >= 11 is 1.77. The van der Waals surface area contributed by atoms with Crippen LogP contribution < -0.4 is 5.32 Å². The van der Waals surface area contributed by atoms with Crippen molar-refractivity contribution in [3.63, 3.8) is 0 Å². The lowest BCUT2D eigenvalue weighted by molar-refractivity contribution is 0.894. The molecule has 0 aromatic carbocycles. The molecule has 2 nitrogen and oxygen atoms in total. The molecule has 0 bridgehead atoms. The van der Waals surface area contributed by atoms with E-state index >= 15 is 0 Å². The zero-order valence-electron chi connectivity index (χ0n) is 8.14. The van der Waals surface area contributed by atoms with E-state index in [4.69, 9.17) is 0 Å². The van der Waals surface area contributed by atoms with Crippen molar-refractivity contribution < 1.29 is 0 Å². The van der Waals surface area contributed by atoms with Gasteiger partial charge in [0.15, 0.2) is 5.13 Å². The molecule has 12 heavy (non-hydrogen) atoms. The molecular weight excluding hydrogens is 168 g/mol. The van der Waals surface area contributed by atoms with Crippen molar-refractivity contribution in [2.45, 2.75) is 40.2 Å². The largest absolute Gasteiger partial charge is 0.359 e. The minimum Gasteiger partial charge on any atom is -0.359 e. The van der Waals surface area contributed by atoms with Gasteiger partial charge in [-0.15, -0.1) is 11.3 Å². The lowest BCUT2D eigenvalue weighted by Gasteiger charge is -2.03. The fourth-order valence-corrected chi connectivity index (χ4v) is 2.11. The minimum absolute atomic E-state index is 0.472. The zero-order valence-corrected chi connectivity index (χ0v) is 8.96. The Bertz CT molecular complexity index is 253. The first-order valence-electron chi connectivity index (χ1n) is 4.36. The van der Waals surface area contributed by atoms with E-state index in [9.17, 15) is 0 Å². The first-order valence-corrected chi connectivity index (χ1v) is 5.18. The molecule has 1 heterocycles. The van der Waals surface area contributed by atoms with Crippen LogP contribution in [0.4, 0.5) is 5.13 Å². The van der Waals surface area contributed by atoms with Crippen molar-refractivity contribution >= 4 is 16.5 Å². The molecule has 0 unspecified atom stereocenters. The average molecular weight is 184 g/mol. The number of rotatable bonds is 3. The Morgan fingerprint density at radius 1 is 1.50 bits per heavy atom. The number of nitrogens with zero attached hydrogens (tertiary/aromatic N) is 1. The molecule has 1 N–H and O–H groups in total. The molecule has 0 fully saturated rings. The van der Waals surface area contributed by atoms with E-state index in [0.717, 1.165) is 11.6 Å². The van der Waals surface area contributed by atoms with Gasteiger partial charge in [0.25, 0.3) is 0 Å². The van der Waals surface area contributed by atoms with Crippen LogP contribution in [0.5, 0.6) is 0 Å². The molecule has 1 rings (SSSR count). The lowest BCUT2D eigenvalue weighted by atomic mass is 10.3. The van der Waals surface area contributed by atoms with Gasteiger partial charge in [0.1, 0.15) is 0 Å². The van der Waals surface area contributed by atoms with E-state index in [-0.39, 0.29) is 0 Å². The number of hydrogen-bond donors (Lipinski definition) is 1. The fraction of sp³-hybridized carbons (Fsp3) is 0.667. The second-order valence-corrected chi connectivity index (χ2v) is 4.26. The molecular formula is C9H16N2S. The fourth-order valence-electron chi connectivity index (χ4n) is 1.06. The molecule has 0 saturated heterocycles. The van der Waals surface area contributed by atoms with Gasteiger partial charge in [0, 0.05) is 10.9 Å². The van der Waals surface area contributed by atoms with E-state index in [1.54, 1.807) is 11.3 Å². The highest BCUT2D eigenvalue weighted by atomic mass is 32.1. The van der Waals surface area contributed by atoms with Crippen molar-refractivity contribution in [1.82, 2.24) is 4.98 Å². The van der Waals surface area contributed by atoms with Crippen LogP contribution in [0.25, 0.3) is 0 Å². The van der Waals surface area contributed by atoms with E-state index in [0.29, 0.717) is 6.04 Å². The van der Waals surface area contributed by atoms with Crippen molar-refractivity contribution in [2.75, 3.05) is 5.32 Å². The van der Waals surface area contributed by atoms with Crippen LogP contribution in [-0.2, 0) is 6.42 Å². The zero-order chi connectivity index (χ0) is 9.14. The molecule has 1 aromatic rings. The molecule has 0 aliphatic rings. The van der Waals surface area contributed by atoms with Gasteiger partial charge in [-0.3, -0.25) is 0 Å². The van der Waals surface area contributed by atoms with Crippen molar-refractivity contribution in [2.24, 2.45) is 0 Å². The Morgan fingerprint density at radius 3 is 2.58 bits per heavy atom. The maximum Gasteiger partial charge on any atom is 0.183 e. The van der Waals surface area contributed by atoms with Crippen LogP contribution in [0.1, 0.15) is 31.3 Å². The molecule has 1 aromatic heterocycles. The van der Waals surface area contributed by atoms with Crippen molar-refractivity contribution in [3.05, 3.63) is 10.6 Å². The standard InChI is InChI=1S/C9H16N2S/c1-5-8-7(4)11-9(12-8)10-6(2)3/h6H,5H2,1-4H3,(H,10,11). The summed E-state index contributed by atoms with van der Waals surface area (Å²) in [5, 5.41) is 4.36. The number of nitrogens with one attached hydrogen (secondary N) is 1. The predicted molar refractivity (Wildman–Crippen MR) is 55.0 cm³/mol. The summed E-state index contributed by atoms with van der Waals surface area (Å²) < 4.78 is 0. The van der Waals surface area contributed by atoms with E-state index < -0.39 is 0 Å². The van der Waals surface area contributed by atoms with E-state index in [1.165, 1.54) is 10.6 Å². The Labute approximate surface area is 78.0 Å². The first kappa shape index (κ1) is 9.52. The Hall–Kier alpha value is -0.570. The number of aromatic nitrogens is 1. The van der Waals surface area contributed by atoms with Crippen molar-refractivity contribution in [3.8, 4) is 0 Å². The minimum atomic E-state index is 0.472. The topological polar surface area (TPSA) is 24.9 Å². The maximum atomic E-state index is 4.43. The molecule has 68 valence electrons. The smallest absolute Gasteiger partial charge is 0.183 e. The Kier molecular flexibility index (Phi) is 3.09. The maximum absolute atomic E-state index is 4.43. The average Bonchev–Trinajstić information content (AvgIpc) is 2.29. The SMILES string of the molecule is CCc1sc(NC(C)C)nc1C. The third kappa shape index (κ3) is 2.21. The van der Waals surface area contributed by atoms with E-state index in [2.05, 4.69) is 38.0 Å². The number of anilines is 1. The summed E-state index contributed by atoms with van der Waals surface area (Å²) in [6, 6.07) is 0.472. The molecule has 3 heteroatoms. The molecule has 0 aliphatic carbocycles. The van der Waals surface area contributed by atoms with Crippen LogP contribution in [0.2, 0.25) is 0 Å². The van der Waals surface area contributed by atoms with Gasteiger partial charge in [-0.1, -0.05) is 6.92 Å². The van der Waals surface area contributed by atoms with Crippen LogP contribution in [0.15, 0.2) is 0 Å². The van der Waals surface area contributed by atoms with Gasteiger partial charge in [-0.05, 0) is 27.2 Å². The summed E-state index contributed by atoms with van der Waals surface area (Å²) in [5.74, 6) is 0. The molecule has 0 amide bonds. The van der Waals surface area contributed by atoms with E-state index in [1.807, 2.05) is 0 Å². The highest BCUT2D eigenvalue weighted by Crippen LogP contribution is 2.23. The molecule has 0 saturated carbocycles. The second-order valence-electron chi connectivity index (χ2n) is 3.18. The Morgan fingerprint density at radius 2 is 2.17 bits per heavy atom. The highest BCUT2D eigenvalue weighted by molar-refractivity contribution is 7.15. The van der Waals surface area contributed by atoms with Gasteiger partial charge < -0.3 is 5.32 Å². The first-order chi connectivity index (χ1) is 5.63.